The minimum atomic E-state index is -4.66. The van der Waals surface area contributed by atoms with Gasteiger partial charge in [0, 0.05) is 35.9 Å². The molecule has 0 saturated heterocycles. The van der Waals surface area contributed by atoms with Gasteiger partial charge in [0.15, 0.2) is 23.0 Å². The van der Waals surface area contributed by atoms with Gasteiger partial charge in [-0.1, -0.05) is 0 Å². The molecule has 8 nitrogen and oxygen atoms in total. The monoisotopic (exact) mass is 453 g/mol. The van der Waals surface area contributed by atoms with Crippen molar-refractivity contribution in [3.8, 4) is 28.6 Å². The van der Waals surface area contributed by atoms with Crippen molar-refractivity contribution < 1.29 is 27.4 Å². The normalized spacial score (nSPS) is 12.6. The highest BCUT2D eigenvalue weighted by molar-refractivity contribution is 6.04. The Morgan fingerprint density at radius 3 is 2.61 bits per heavy atom. The summed E-state index contributed by atoms with van der Waals surface area (Å²) in [6, 6.07) is 11.7. The number of anilines is 1. The average Bonchev–Trinajstić information content (AvgIpc) is 3.47. The predicted molar refractivity (Wildman–Crippen MR) is 110 cm³/mol. The number of carbonyl (C=O) groups excluding carboxylic acids is 1. The van der Waals surface area contributed by atoms with Gasteiger partial charge < -0.3 is 14.8 Å². The van der Waals surface area contributed by atoms with Crippen LogP contribution in [0.3, 0.4) is 0 Å². The lowest BCUT2D eigenvalue weighted by Crippen LogP contribution is -2.15. The summed E-state index contributed by atoms with van der Waals surface area (Å²) in [5.74, 6) is 0.506. The largest absolute Gasteiger partial charge is 0.454 e. The van der Waals surface area contributed by atoms with E-state index < -0.39 is 17.8 Å². The number of aromatic nitrogens is 4. The van der Waals surface area contributed by atoms with Crippen LogP contribution in [0.15, 0.2) is 67.1 Å². The van der Waals surface area contributed by atoms with E-state index in [1.165, 1.54) is 30.7 Å². The highest BCUT2D eigenvalue weighted by atomic mass is 19.4. The second-order valence-corrected chi connectivity index (χ2v) is 6.99. The Kier molecular flexibility index (Phi) is 4.93. The lowest BCUT2D eigenvalue weighted by atomic mass is 10.2. The van der Waals surface area contributed by atoms with Gasteiger partial charge in [-0.05, 0) is 42.5 Å². The zero-order valence-corrected chi connectivity index (χ0v) is 16.7. The van der Waals surface area contributed by atoms with Gasteiger partial charge in [-0.15, -0.1) is 0 Å². The van der Waals surface area contributed by atoms with Crippen LogP contribution in [0.5, 0.6) is 11.5 Å². The molecule has 0 unspecified atom stereocenters. The Morgan fingerprint density at radius 2 is 1.88 bits per heavy atom. The van der Waals surface area contributed by atoms with Crippen LogP contribution in [0, 0.1) is 0 Å². The van der Waals surface area contributed by atoms with Crippen LogP contribution in [0.25, 0.3) is 17.1 Å². The summed E-state index contributed by atoms with van der Waals surface area (Å²) in [5, 5.41) is 6.75. The quantitative estimate of drug-likeness (QED) is 0.495. The van der Waals surface area contributed by atoms with Gasteiger partial charge in [-0.2, -0.15) is 18.3 Å². The molecule has 1 amide bonds. The standard InChI is InChI=1S/C22H14F3N5O3/c23-22(24,25)19-9-16(13-2-1-7-26-10-13)29-30(19)20-6-3-14(11-27-20)21(31)28-15-4-5-17-18(8-15)33-12-32-17/h1-11H,12H2,(H,28,31). The van der Waals surface area contributed by atoms with Crippen molar-refractivity contribution in [2.75, 3.05) is 12.1 Å². The SMILES string of the molecule is O=C(Nc1ccc2c(c1)OCO2)c1ccc(-n2nc(-c3cccnc3)cc2C(F)(F)F)nc1. The number of nitrogens with zero attached hydrogens (tertiary/aromatic N) is 4. The molecule has 4 heterocycles. The van der Waals surface area contributed by atoms with E-state index in [-0.39, 0.29) is 23.9 Å². The fourth-order valence-corrected chi connectivity index (χ4v) is 3.24. The van der Waals surface area contributed by atoms with Crippen LogP contribution >= 0.6 is 0 Å². The number of hydrogen-bond donors (Lipinski definition) is 1. The molecular formula is C22H14F3N5O3. The third-order valence-corrected chi connectivity index (χ3v) is 4.81. The Morgan fingerprint density at radius 1 is 1.03 bits per heavy atom. The number of fused-ring (bicyclic) bond motifs is 1. The number of ether oxygens (including phenoxy) is 2. The number of pyridine rings is 2. The summed E-state index contributed by atoms with van der Waals surface area (Å²) in [7, 11) is 0. The van der Waals surface area contributed by atoms with E-state index in [0.717, 1.165) is 6.07 Å². The van der Waals surface area contributed by atoms with Crippen molar-refractivity contribution in [1.82, 2.24) is 19.7 Å². The zero-order valence-electron chi connectivity index (χ0n) is 16.7. The van der Waals surface area contributed by atoms with Crippen LogP contribution < -0.4 is 14.8 Å². The first-order chi connectivity index (χ1) is 15.9. The average molecular weight is 453 g/mol. The third-order valence-electron chi connectivity index (χ3n) is 4.81. The topological polar surface area (TPSA) is 91.2 Å². The van der Waals surface area contributed by atoms with Gasteiger partial charge in [0.2, 0.25) is 6.79 Å². The molecule has 0 aliphatic carbocycles. The van der Waals surface area contributed by atoms with Gasteiger partial charge in [0.05, 0.1) is 11.3 Å². The summed E-state index contributed by atoms with van der Waals surface area (Å²) in [5.41, 5.74) is 0.167. The fourth-order valence-electron chi connectivity index (χ4n) is 3.24. The van der Waals surface area contributed by atoms with Gasteiger partial charge in [-0.3, -0.25) is 9.78 Å². The molecule has 0 radical (unpaired) electrons. The van der Waals surface area contributed by atoms with Crippen molar-refractivity contribution >= 4 is 11.6 Å². The number of benzene rings is 1. The molecule has 0 spiro atoms. The maximum atomic E-state index is 13.6. The Balaban J connectivity index is 1.41. The lowest BCUT2D eigenvalue weighted by Gasteiger charge is -2.10. The molecular weight excluding hydrogens is 439 g/mol. The first-order valence-corrected chi connectivity index (χ1v) is 9.63. The van der Waals surface area contributed by atoms with E-state index in [2.05, 4.69) is 20.4 Å². The fraction of sp³-hybridized carbons (Fsp3) is 0.0909. The third kappa shape index (κ3) is 4.07. The van der Waals surface area contributed by atoms with Crippen LogP contribution in [0.2, 0.25) is 0 Å². The number of amides is 1. The predicted octanol–water partition coefficient (Wildman–Crippen LogP) is 4.33. The first kappa shape index (κ1) is 20.5. The van der Waals surface area contributed by atoms with E-state index in [0.29, 0.717) is 27.4 Å². The highest BCUT2D eigenvalue weighted by Crippen LogP contribution is 2.35. The molecule has 166 valence electrons. The van der Waals surface area contributed by atoms with E-state index >= 15 is 0 Å². The van der Waals surface area contributed by atoms with Gasteiger partial charge >= 0.3 is 6.18 Å². The van der Waals surface area contributed by atoms with Crippen molar-refractivity contribution in [2.45, 2.75) is 6.18 Å². The van der Waals surface area contributed by atoms with Crippen LogP contribution in [0.4, 0.5) is 18.9 Å². The minimum Gasteiger partial charge on any atom is -0.454 e. The molecule has 1 aliphatic rings. The molecule has 4 aromatic rings. The summed E-state index contributed by atoms with van der Waals surface area (Å²) < 4.78 is 52.1. The molecule has 1 aliphatic heterocycles. The van der Waals surface area contributed by atoms with Gasteiger partial charge in [-0.25, -0.2) is 9.67 Å². The van der Waals surface area contributed by atoms with Crippen molar-refractivity contribution in [1.29, 1.82) is 0 Å². The van der Waals surface area contributed by atoms with Crippen molar-refractivity contribution in [3.05, 3.63) is 78.4 Å². The van der Waals surface area contributed by atoms with Crippen molar-refractivity contribution in [3.63, 3.8) is 0 Å². The zero-order chi connectivity index (χ0) is 23.0. The van der Waals surface area contributed by atoms with Crippen LogP contribution in [-0.4, -0.2) is 32.4 Å². The van der Waals surface area contributed by atoms with E-state index in [1.54, 1.807) is 30.3 Å². The molecule has 1 aromatic carbocycles. The smallest absolute Gasteiger partial charge is 0.433 e. The molecule has 1 N–H and O–H groups in total. The molecule has 3 aromatic heterocycles. The molecule has 33 heavy (non-hydrogen) atoms. The Hall–Kier alpha value is -4.41. The Labute approximate surface area is 184 Å². The van der Waals surface area contributed by atoms with Gasteiger partial charge in [0.25, 0.3) is 5.91 Å². The molecule has 0 atom stereocenters. The number of carbonyl (C=O) groups is 1. The molecule has 0 fully saturated rings. The van der Waals surface area contributed by atoms with Crippen molar-refractivity contribution in [2.24, 2.45) is 0 Å². The first-order valence-electron chi connectivity index (χ1n) is 9.63. The summed E-state index contributed by atoms with van der Waals surface area (Å²) in [4.78, 5) is 20.5. The Bertz CT molecular complexity index is 1320. The van der Waals surface area contributed by atoms with Crippen LogP contribution in [-0.2, 0) is 6.18 Å². The number of nitrogens with one attached hydrogen (secondary N) is 1. The molecule has 0 bridgehead atoms. The minimum absolute atomic E-state index is 0.0860. The lowest BCUT2D eigenvalue weighted by molar-refractivity contribution is -0.142. The number of alkyl halides is 3. The van der Waals surface area contributed by atoms with Gasteiger partial charge in [0.1, 0.15) is 0 Å². The highest BCUT2D eigenvalue weighted by Gasteiger charge is 2.37. The van der Waals surface area contributed by atoms with E-state index in [9.17, 15) is 18.0 Å². The summed E-state index contributed by atoms with van der Waals surface area (Å²) >= 11 is 0. The number of hydrogen-bond acceptors (Lipinski definition) is 6. The number of halogens is 3. The summed E-state index contributed by atoms with van der Waals surface area (Å²) in [6.07, 6.45) is -0.544. The second kappa shape index (κ2) is 7.93. The van der Waals surface area contributed by atoms with Crippen LogP contribution in [0.1, 0.15) is 16.1 Å². The molecule has 0 saturated carbocycles. The van der Waals surface area contributed by atoms with E-state index in [1.807, 2.05) is 0 Å². The molecule has 11 heteroatoms. The number of rotatable bonds is 4. The maximum absolute atomic E-state index is 13.6. The van der Waals surface area contributed by atoms with E-state index in [4.69, 9.17) is 9.47 Å². The second-order valence-electron chi connectivity index (χ2n) is 6.99. The maximum Gasteiger partial charge on any atom is 0.433 e. The summed E-state index contributed by atoms with van der Waals surface area (Å²) in [6.45, 7) is 0.105. The molecule has 5 rings (SSSR count).